The number of alkyl halides is 4. The van der Waals surface area contributed by atoms with Crippen LogP contribution in [0.3, 0.4) is 0 Å². The summed E-state index contributed by atoms with van der Waals surface area (Å²) in [6.45, 7) is 2.02. The number of ether oxygens (including phenoxy) is 1. The smallest absolute Gasteiger partial charge is 0.433 e. The first-order valence-electron chi connectivity index (χ1n) is 6.13. The molecule has 0 aromatic rings. The van der Waals surface area contributed by atoms with E-state index in [0.717, 1.165) is 32.8 Å². The Morgan fingerprint density at radius 1 is 1.00 bits per heavy atom. The highest BCUT2D eigenvalue weighted by molar-refractivity contribution is 5.80. The third kappa shape index (κ3) is 4.82. The van der Waals surface area contributed by atoms with Gasteiger partial charge in [-0.05, 0) is 6.42 Å². The Kier molecular flexibility index (Phi) is 7.25. The van der Waals surface area contributed by atoms with Crippen LogP contribution in [0.4, 0.5) is 17.6 Å². The molecule has 0 heterocycles. The molecule has 0 saturated heterocycles. The molecule has 0 spiro atoms. The van der Waals surface area contributed by atoms with E-state index in [-0.39, 0.29) is 6.42 Å². The standard InChI is InChI=1S/C12H20F4O2/c1-3-4-5-6-7-8-9-11(13,10(17)18-2)12(14,15)16/h3-9H2,1-2H3. The molecule has 0 bridgehead atoms. The van der Waals surface area contributed by atoms with E-state index in [4.69, 9.17) is 0 Å². The minimum absolute atomic E-state index is 0.0226. The number of unbranched alkanes of at least 4 members (excludes halogenated alkanes) is 5. The molecule has 0 aliphatic carbocycles. The summed E-state index contributed by atoms with van der Waals surface area (Å²) in [6, 6.07) is 0. The van der Waals surface area contributed by atoms with Gasteiger partial charge < -0.3 is 4.74 Å². The molecule has 18 heavy (non-hydrogen) atoms. The van der Waals surface area contributed by atoms with Gasteiger partial charge in [-0.15, -0.1) is 0 Å². The lowest BCUT2D eigenvalue weighted by Gasteiger charge is -2.25. The molecule has 6 heteroatoms. The molecule has 0 aromatic heterocycles. The number of rotatable bonds is 8. The Hall–Kier alpha value is -0.810. The van der Waals surface area contributed by atoms with Gasteiger partial charge in [-0.2, -0.15) is 13.2 Å². The van der Waals surface area contributed by atoms with E-state index in [1.165, 1.54) is 0 Å². The highest BCUT2D eigenvalue weighted by Crippen LogP contribution is 2.39. The second-order valence-corrected chi connectivity index (χ2v) is 4.31. The SMILES string of the molecule is CCCCCCCCC(F)(C(=O)OC)C(F)(F)F. The van der Waals surface area contributed by atoms with E-state index in [1.807, 2.05) is 6.92 Å². The topological polar surface area (TPSA) is 26.3 Å². The highest BCUT2D eigenvalue weighted by Gasteiger charge is 2.62. The molecule has 0 rings (SSSR count). The largest absolute Gasteiger partial charge is 0.466 e. The van der Waals surface area contributed by atoms with Crippen LogP contribution in [0.15, 0.2) is 0 Å². The summed E-state index contributed by atoms with van der Waals surface area (Å²) < 4.78 is 55.1. The Bertz CT molecular complexity index is 253. The number of halogens is 4. The molecule has 0 saturated carbocycles. The van der Waals surface area contributed by atoms with Crippen molar-refractivity contribution in [2.45, 2.75) is 63.7 Å². The molecular formula is C12H20F4O2. The van der Waals surface area contributed by atoms with Crippen molar-refractivity contribution in [3.8, 4) is 0 Å². The molecule has 0 fully saturated rings. The van der Waals surface area contributed by atoms with Gasteiger partial charge in [0.2, 0.25) is 0 Å². The number of methoxy groups -OCH3 is 1. The van der Waals surface area contributed by atoms with Crippen LogP contribution in [0, 0.1) is 0 Å². The van der Waals surface area contributed by atoms with Crippen LogP contribution >= 0.6 is 0 Å². The van der Waals surface area contributed by atoms with Gasteiger partial charge >= 0.3 is 17.8 Å². The lowest BCUT2D eigenvalue weighted by Crippen LogP contribution is -2.48. The maximum Gasteiger partial charge on any atom is 0.433 e. The summed E-state index contributed by atoms with van der Waals surface area (Å²) in [5.74, 6) is -1.86. The van der Waals surface area contributed by atoms with E-state index >= 15 is 0 Å². The van der Waals surface area contributed by atoms with Gasteiger partial charge in [-0.1, -0.05) is 39.0 Å². The maximum absolute atomic E-state index is 13.7. The van der Waals surface area contributed by atoms with Crippen molar-refractivity contribution in [3.05, 3.63) is 0 Å². The summed E-state index contributed by atoms with van der Waals surface area (Å²) in [5.41, 5.74) is -3.87. The molecule has 0 aliphatic rings. The predicted molar refractivity (Wildman–Crippen MR) is 59.9 cm³/mol. The molecule has 2 nitrogen and oxygen atoms in total. The average Bonchev–Trinajstić information content (AvgIpc) is 2.30. The van der Waals surface area contributed by atoms with Crippen molar-refractivity contribution in [1.82, 2.24) is 0 Å². The quantitative estimate of drug-likeness (QED) is 0.376. The van der Waals surface area contributed by atoms with Crippen molar-refractivity contribution < 1.29 is 27.1 Å². The van der Waals surface area contributed by atoms with Gasteiger partial charge in [0, 0.05) is 6.42 Å². The zero-order valence-corrected chi connectivity index (χ0v) is 10.8. The van der Waals surface area contributed by atoms with Crippen molar-refractivity contribution in [1.29, 1.82) is 0 Å². The molecular weight excluding hydrogens is 252 g/mol. The van der Waals surface area contributed by atoms with Gasteiger partial charge in [-0.25, -0.2) is 9.18 Å². The molecule has 1 atom stereocenters. The van der Waals surface area contributed by atoms with E-state index in [0.29, 0.717) is 6.42 Å². The van der Waals surface area contributed by atoms with Gasteiger partial charge in [0.05, 0.1) is 7.11 Å². The summed E-state index contributed by atoms with van der Waals surface area (Å²) >= 11 is 0. The highest BCUT2D eigenvalue weighted by atomic mass is 19.4. The molecule has 0 aromatic carbocycles. The van der Waals surface area contributed by atoms with Crippen molar-refractivity contribution in [2.24, 2.45) is 0 Å². The first-order chi connectivity index (χ1) is 8.29. The van der Waals surface area contributed by atoms with Crippen molar-refractivity contribution >= 4 is 5.97 Å². The van der Waals surface area contributed by atoms with Crippen LogP contribution in [0.25, 0.3) is 0 Å². The fourth-order valence-electron chi connectivity index (χ4n) is 1.67. The van der Waals surface area contributed by atoms with Crippen molar-refractivity contribution in [3.63, 3.8) is 0 Å². The van der Waals surface area contributed by atoms with Crippen molar-refractivity contribution in [2.75, 3.05) is 7.11 Å². The molecule has 0 aliphatic heterocycles. The van der Waals surface area contributed by atoms with Crippen LogP contribution in [0.5, 0.6) is 0 Å². The lowest BCUT2D eigenvalue weighted by atomic mass is 9.96. The van der Waals surface area contributed by atoms with E-state index in [2.05, 4.69) is 4.74 Å². The Morgan fingerprint density at radius 2 is 1.50 bits per heavy atom. The number of carbonyl (C=O) groups excluding carboxylic acids is 1. The summed E-state index contributed by atoms with van der Waals surface area (Å²) in [5, 5.41) is 0. The minimum Gasteiger partial charge on any atom is -0.466 e. The monoisotopic (exact) mass is 272 g/mol. The molecule has 0 amide bonds. The normalized spacial score (nSPS) is 15.2. The Balaban J connectivity index is 4.24. The number of hydrogen-bond donors (Lipinski definition) is 0. The zero-order valence-electron chi connectivity index (χ0n) is 10.8. The summed E-state index contributed by atoms with van der Waals surface area (Å²) in [7, 11) is 0.754. The van der Waals surface area contributed by atoms with Crippen LogP contribution in [-0.2, 0) is 9.53 Å². The van der Waals surface area contributed by atoms with Gasteiger partial charge in [0.15, 0.2) is 0 Å². The average molecular weight is 272 g/mol. The Labute approximate surface area is 105 Å². The predicted octanol–water partition coefficient (Wildman–Crippen LogP) is 4.18. The number of esters is 1. The fourth-order valence-corrected chi connectivity index (χ4v) is 1.67. The van der Waals surface area contributed by atoms with E-state index in [9.17, 15) is 22.4 Å². The third-order valence-corrected chi connectivity index (χ3v) is 2.83. The number of hydrogen-bond acceptors (Lipinski definition) is 2. The minimum atomic E-state index is -5.22. The Morgan fingerprint density at radius 3 is 1.94 bits per heavy atom. The van der Waals surface area contributed by atoms with Gasteiger partial charge in [-0.3, -0.25) is 0 Å². The van der Waals surface area contributed by atoms with Crippen LogP contribution in [0.2, 0.25) is 0 Å². The second kappa shape index (κ2) is 7.59. The maximum atomic E-state index is 13.7. The second-order valence-electron chi connectivity index (χ2n) is 4.31. The first kappa shape index (κ1) is 17.2. The third-order valence-electron chi connectivity index (χ3n) is 2.83. The lowest BCUT2D eigenvalue weighted by molar-refractivity contribution is -0.239. The van der Waals surface area contributed by atoms with Crippen LogP contribution in [-0.4, -0.2) is 24.9 Å². The molecule has 1 unspecified atom stereocenters. The van der Waals surface area contributed by atoms with E-state index < -0.39 is 24.2 Å². The summed E-state index contributed by atoms with van der Waals surface area (Å²) in [4.78, 5) is 10.9. The van der Waals surface area contributed by atoms with Crippen LogP contribution in [0.1, 0.15) is 51.9 Å². The molecule has 0 N–H and O–H groups in total. The summed E-state index contributed by atoms with van der Waals surface area (Å²) in [6.07, 6.45) is -1.87. The zero-order chi connectivity index (χ0) is 14.2. The van der Waals surface area contributed by atoms with Gasteiger partial charge in [0.25, 0.3) is 0 Å². The molecule has 0 radical (unpaired) electrons. The first-order valence-corrected chi connectivity index (χ1v) is 6.13. The molecule has 108 valence electrons. The number of carbonyl (C=O) groups is 1. The fraction of sp³-hybridized carbons (Fsp3) is 0.917. The van der Waals surface area contributed by atoms with E-state index in [1.54, 1.807) is 0 Å². The van der Waals surface area contributed by atoms with Gasteiger partial charge in [0.1, 0.15) is 0 Å². The van der Waals surface area contributed by atoms with Crippen LogP contribution < -0.4 is 0 Å².